The van der Waals surface area contributed by atoms with Gasteiger partial charge in [-0.1, -0.05) is 0 Å². The summed E-state index contributed by atoms with van der Waals surface area (Å²) in [7, 11) is 0. The van der Waals surface area contributed by atoms with Crippen molar-refractivity contribution in [3.05, 3.63) is 0 Å². The van der Waals surface area contributed by atoms with Crippen LogP contribution in [0, 0.1) is 0 Å². The van der Waals surface area contributed by atoms with Crippen LogP contribution in [-0.4, -0.2) is 48.3 Å². The highest BCUT2D eigenvalue weighted by molar-refractivity contribution is 5.51. The lowest BCUT2D eigenvalue weighted by Crippen LogP contribution is -2.50. The van der Waals surface area contributed by atoms with Crippen LogP contribution in [0.3, 0.4) is 0 Å². The Hall–Kier alpha value is -1.06. The standard InChI is InChI=1S/C7H12N2O2/c1-7-4-8(5-10)2-3-9(7)6-11/h5-7H,2-4H2,1H3/t7-/m1/s1. The molecule has 0 aromatic carbocycles. The van der Waals surface area contributed by atoms with E-state index in [1.165, 1.54) is 0 Å². The number of rotatable bonds is 2. The molecule has 0 spiro atoms. The van der Waals surface area contributed by atoms with Gasteiger partial charge >= 0.3 is 0 Å². The third kappa shape index (κ3) is 1.69. The van der Waals surface area contributed by atoms with Crippen LogP contribution in [0.2, 0.25) is 0 Å². The fraction of sp³-hybridized carbons (Fsp3) is 0.714. The lowest BCUT2D eigenvalue weighted by molar-refractivity contribution is -0.128. The fourth-order valence-electron chi connectivity index (χ4n) is 1.25. The molecule has 4 heteroatoms. The summed E-state index contributed by atoms with van der Waals surface area (Å²) in [5, 5.41) is 0. The smallest absolute Gasteiger partial charge is 0.210 e. The average Bonchev–Trinajstić information content (AvgIpc) is 2.04. The molecule has 11 heavy (non-hydrogen) atoms. The zero-order chi connectivity index (χ0) is 8.27. The highest BCUT2D eigenvalue weighted by Gasteiger charge is 2.20. The van der Waals surface area contributed by atoms with Crippen molar-refractivity contribution >= 4 is 12.8 Å². The first-order valence-corrected chi connectivity index (χ1v) is 3.68. The molecule has 1 atom stereocenters. The summed E-state index contributed by atoms with van der Waals surface area (Å²) >= 11 is 0. The molecular formula is C7H12N2O2. The van der Waals surface area contributed by atoms with Crippen LogP contribution in [0.1, 0.15) is 6.92 Å². The molecule has 0 N–H and O–H groups in total. The molecule has 1 aliphatic rings. The van der Waals surface area contributed by atoms with E-state index >= 15 is 0 Å². The summed E-state index contributed by atoms with van der Waals surface area (Å²) in [5.41, 5.74) is 0. The van der Waals surface area contributed by atoms with E-state index in [1.807, 2.05) is 6.92 Å². The third-order valence-electron chi connectivity index (χ3n) is 1.99. The fourth-order valence-corrected chi connectivity index (χ4v) is 1.25. The summed E-state index contributed by atoms with van der Waals surface area (Å²) in [6, 6.07) is 0.159. The van der Waals surface area contributed by atoms with E-state index in [9.17, 15) is 9.59 Å². The van der Waals surface area contributed by atoms with E-state index in [4.69, 9.17) is 0 Å². The van der Waals surface area contributed by atoms with Crippen molar-refractivity contribution in [3.63, 3.8) is 0 Å². The molecule has 2 amide bonds. The highest BCUT2D eigenvalue weighted by Crippen LogP contribution is 2.04. The SMILES string of the molecule is C[C@@H]1CN(C=O)CCN1C=O. The minimum atomic E-state index is 0.159. The molecule has 0 radical (unpaired) electrons. The lowest BCUT2D eigenvalue weighted by Gasteiger charge is -2.35. The number of piperazine rings is 1. The molecule has 0 bridgehead atoms. The maximum Gasteiger partial charge on any atom is 0.210 e. The van der Waals surface area contributed by atoms with E-state index in [0.717, 1.165) is 12.8 Å². The van der Waals surface area contributed by atoms with E-state index < -0.39 is 0 Å². The Kier molecular flexibility index (Phi) is 2.46. The van der Waals surface area contributed by atoms with Gasteiger partial charge in [-0.2, -0.15) is 0 Å². The maximum atomic E-state index is 10.4. The molecule has 62 valence electrons. The van der Waals surface area contributed by atoms with Crippen molar-refractivity contribution in [2.75, 3.05) is 19.6 Å². The molecule has 1 heterocycles. The van der Waals surface area contributed by atoms with Gasteiger partial charge in [-0.05, 0) is 6.92 Å². The van der Waals surface area contributed by atoms with E-state index in [-0.39, 0.29) is 6.04 Å². The predicted molar refractivity (Wildman–Crippen MR) is 39.9 cm³/mol. The first kappa shape index (κ1) is 8.04. The van der Waals surface area contributed by atoms with Crippen molar-refractivity contribution < 1.29 is 9.59 Å². The van der Waals surface area contributed by atoms with Crippen molar-refractivity contribution in [2.24, 2.45) is 0 Å². The number of carbonyl (C=O) groups is 2. The average molecular weight is 156 g/mol. The first-order valence-electron chi connectivity index (χ1n) is 3.68. The second-order valence-electron chi connectivity index (χ2n) is 2.79. The van der Waals surface area contributed by atoms with E-state index in [1.54, 1.807) is 9.80 Å². The van der Waals surface area contributed by atoms with Gasteiger partial charge < -0.3 is 9.80 Å². The first-order chi connectivity index (χ1) is 5.27. The molecule has 1 fully saturated rings. The van der Waals surface area contributed by atoms with Crippen LogP contribution >= 0.6 is 0 Å². The number of amides is 2. The van der Waals surface area contributed by atoms with E-state index in [0.29, 0.717) is 19.6 Å². The zero-order valence-electron chi connectivity index (χ0n) is 6.56. The van der Waals surface area contributed by atoms with Gasteiger partial charge in [-0.15, -0.1) is 0 Å². The van der Waals surface area contributed by atoms with Gasteiger partial charge in [-0.25, -0.2) is 0 Å². The molecular weight excluding hydrogens is 144 g/mol. The summed E-state index contributed by atoms with van der Waals surface area (Å²) in [6.07, 6.45) is 1.67. The van der Waals surface area contributed by atoms with Crippen LogP contribution in [0.15, 0.2) is 0 Å². The second-order valence-corrected chi connectivity index (χ2v) is 2.79. The molecule has 1 aliphatic heterocycles. The summed E-state index contributed by atoms with van der Waals surface area (Å²) in [5.74, 6) is 0. The van der Waals surface area contributed by atoms with Crippen molar-refractivity contribution in [3.8, 4) is 0 Å². The summed E-state index contributed by atoms with van der Waals surface area (Å²) < 4.78 is 0. The number of carbonyl (C=O) groups excluding carboxylic acids is 2. The number of hydrogen-bond donors (Lipinski definition) is 0. The van der Waals surface area contributed by atoms with Gasteiger partial charge in [0.2, 0.25) is 12.8 Å². The minimum Gasteiger partial charge on any atom is -0.341 e. The Balaban J connectivity index is 2.46. The van der Waals surface area contributed by atoms with Crippen LogP contribution in [0.5, 0.6) is 0 Å². The normalized spacial score (nSPS) is 25.0. The number of nitrogens with zero attached hydrogens (tertiary/aromatic N) is 2. The second kappa shape index (κ2) is 3.37. The van der Waals surface area contributed by atoms with Gasteiger partial charge in [-0.3, -0.25) is 9.59 Å². The van der Waals surface area contributed by atoms with E-state index in [2.05, 4.69) is 0 Å². The molecule has 0 aromatic heterocycles. The van der Waals surface area contributed by atoms with Crippen molar-refractivity contribution in [2.45, 2.75) is 13.0 Å². The van der Waals surface area contributed by atoms with Crippen molar-refractivity contribution in [1.82, 2.24) is 9.80 Å². The topological polar surface area (TPSA) is 40.6 Å². The Labute approximate surface area is 65.8 Å². The highest BCUT2D eigenvalue weighted by atomic mass is 16.1. The monoisotopic (exact) mass is 156 g/mol. The maximum absolute atomic E-state index is 10.4. The van der Waals surface area contributed by atoms with Crippen molar-refractivity contribution in [1.29, 1.82) is 0 Å². The lowest BCUT2D eigenvalue weighted by atomic mass is 10.2. The zero-order valence-corrected chi connectivity index (χ0v) is 6.56. The van der Waals surface area contributed by atoms with Gasteiger partial charge in [0.1, 0.15) is 0 Å². The summed E-state index contributed by atoms with van der Waals surface area (Å²) in [4.78, 5) is 24.1. The van der Waals surface area contributed by atoms with Crippen LogP contribution in [0.4, 0.5) is 0 Å². The Bertz CT molecular complexity index is 161. The predicted octanol–water partition coefficient (Wildman–Crippen LogP) is -0.695. The molecule has 0 saturated carbocycles. The quantitative estimate of drug-likeness (QED) is 0.496. The van der Waals surface area contributed by atoms with Crippen LogP contribution < -0.4 is 0 Å². The van der Waals surface area contributed by atoms with Gasteiger partial charge in [0.15, 0.2) is 0 Å². The Morgan fingerprint density at radius 3 is 2.45 bits per heavy atom. The Morgan fingerprint density at radius 2 is 2.00 bits per heavy atom. The Morgan fingerprint density at radius 1 is 1.27 bits per heavy atom. The molecule has 1 saturated heterocycles. The largest absolute Gasteiger partial charge is 0.341 e. The molecule has 0 aliphatic carbocycles. The molecule has 1 rings (SSSR count). The molecule has 0 aromatic rings. The summed E-state index contributed by atoms with van der Waals surface area (Å²) in [6.45, 7) is 3.91. The van der Waals surface area contributed by atoms with Crippen LogP contribution in [-0.2, 0) is 9.59 Å². The van der Waals surface area contributed by atoms with Gasteiger partial charge in [0, 0.05) is 25.7 Å². The third-order valence-corrected chi connectivity index (χ3v) is 1.99. The number of hydrogen-bond acceptors (Lipinski definition) is 2. The minimum absolute atomic E-state index is 0.159. The molecule has 4 nitrogen and oxygen atoms in total. The van der Waals surface area contributed by atoms with Crippen LogP contribution in [0.25, 0.3) is 0 Å². The van der Waals surface area contributed by atoms with Gasteiger partial charge in [0.25, 0.3) is 0 Å². The van der Waals surface area contributed by atoms with Gasteiger partial charge in [0.05, 0.1) is 0 Å². The molecule has 0 unspecified atom stereocenters.